The maximum atomic E-state index is 11.9. The molecule has 1 N–H and O–H groups in total. The summed E-state index contributed by atoms with van der Waals surface area (Å²) in [5.74, 6) is 1.50. The summed E-state index contributed by atoms with van der Waals surface area (Å²) in [6, 6.07) is 0. The molecular formula is C13H19N3O. The summed E-state index contributed by atoms with van der Waals surface area (Å²) >= 11 is 0. The smallest absolute Gasteiger partial charge is 0.276 e. The molecule has 0 spiro atoms. The predicted octanol–water partition coefficient (Wildman–Crippen LogP) is 0.965. The lowest BCUT2D eigenvalue weighted by atomic mass is 9.93. The maximum Gasteiger partial charge on any atom is 0.276 e. The molecule has 92 valence electrons. The fourth-order valence-corrected chi connectivity index (χ4v) is 3.16. The average molecular weight is 233 g/mol. The van der Waals surface area contributed by atoms with Gasteiger partial charge in [-0.3, -0.25) is 4.79 Å². The second kappa shape index (κ2) is 4.26. The van der Waals surface area contributed by atoms with E-state index in [0.29, 0.717) is 5.92 Å². The van der Waals surface area contributed by atoms with Crippen molar-refractivity contribution < 1.29 is 0 Å². The standard InChI is InChI=1S/C13H19N3O/c1-9-12(10-4-2-6-14-8-10)16-7-3-5-11(16)15-13(9)17/h10,14H,2-8H2,1H3/t10-/m0/s1. The summed E-state index contributed by atoms with van der Waals surface area (Å²) in [6.07, 6.45) is 4.48. The summed E-state index contributed by atoms with van der Waals surface area (Å²) in [7, 11) is 0. The molecule has 4 nitrogen and oxygen atoms in total. The van der Waals surface area contributed by atoms with E-state index in [1.54, 1.807) is 0 Å². The van der Waals surface area contributed by atoms with Gasteiger partial charge < -0.3 is 9.88 Å². The van der Waals surface area contributed by atoms with Gasteiger partial charge in [0.15, 0.2) is 0 Å². The van der Waals surface area contributed by atoms with Crippen LogP contribution in [0.4, 0.5) is 0 Å². The lowest BCUT2D eigenvalue weighted by Gasteiger charge is -2.27. The summed E-state index contributed by atoms with van der Waals surface area (Å²) in [5, 5.41) is 3.44. The van der Waals surface area contributed by atoms with Crippen LogP contribution in [-0.4, -0.2) is 22.6 Å². The highest BCUT2D eigenvalue weighted by Gasteiger charge is 2.25. The summed E-state index contributed by atoms with van der Waals surface area (Å²) in [4.78, 5) is 16.1. The van der Waals surface area contributed by atoms with Gasteiger partial charge in [0.1, 0.15) is 5.82 Å². The summed E-state index contributed by atoms with van der Waals surface area (Å²) in [5.41, 5.74) is 2.10. The molecule has 2 aliphatic rings. The Balaban J connectivity index is 2.10. The molecule has 0 aliphatic carbocycles. The van der Waals surface area contributed by atoms with E-state index in [4.69, 9.17) is 0 Å². The van der Waals surface area contributed by atoms with Crippen molar-refractivity contribution in [3.63, 3.8) is 0 Å². The van der Waals surface area contributed by atoms with Gasteiger partial charge in [-0.25, -0.2) is 0 Å². The number of rotatable bonds is 1. The number of nitrogens with zero attached hydrogens (tertiary/aromatic N) is 2. The van der Waals surface area contributed by atoms with E-state index in [1.807, 2.05) is 6.92 Å². The number of fused-ring (bicyclic) bond motifs is 1. The van der Waals surface area contributed by atoms with Gasteiger partial charge in [0.25, 0.3) is 5.56 Å². The zero-order valence-electron chi connectivity index (χ0n) is 10.3. The molecule has 0 aromatic carbocycles. The third-order valence-electron chi connectivity index (χ3n) is 4.00. The molecule has 0 amide bonds. The van der Waals surface area contributed by atoms with Crippen molar-refractivity contribution in [3.05, 3.63) is 27.4 Å². The van der Waals surface area contributed by atoms with Crippen LogP contribution in [0.1, 0.15) is 42.3 Å². The lowest BCUT2D eigenvalue weighted by Crippen LogP contribution is -2.33. The first-order valence-corrected chi connectivity index (χ1v) is 6.58. The molecule has 1 aromatic rings. The van der Waals surface area contributed by atoms with E-state index >= 15 is 0 Å². The quantitative estimate of drug-likeness (QED) is 0.786. The van der Waals surface area contributed by atoms with Gasteiger partial charge >= 0.3 is 0 Å². The summed E-state index contributed by atoms with van der Waals surface area (Å²) in [6.45, 7) is 5.08. The van der Waals surface area contributed by atoms with Gasteiger partial charge in [-0.1, -0.05) is 0 Å². The predicted molar refractivity (Wildman–Crippen MR) is 66.4 cm³/mol. The Morgan fingerprint density at radius 3 is 3.06 bits per heavy atom. The highest BCUT2D eigenvalue weighted by molar-refractivity contribution is 5.24. The zero-order chi connectivity index (χ0) is 11.8. The fourth-order valence-electron chi connectivity index (χ4n) is 3.16. The molecule has 0 radical (unpaired) electrons. The molecule has 0 saturated carbocycles. The van der Waals surface area contributed by atoms with Gasteiger partial charge in [-0.15, -0.1) is 0 Å². The van der Waals surface area contributed by atoms with Crippen LogP contribution in [0, 0.1) is 6.92 Å². The van der Waals surface area contributed by atoms with Crippen LogP contribution in [0.2, 0.25) is 0 Å². The van der Waals surface area contributed by atoms with Gasteiger partial charge in [0.05, 0.1) is 0 Å². The number of piperidine rings is 1. The molecule has 1 atom stereocenters. The van der Waals surface area contributed by atoms with E-state index in [0.717, 1.165) is 43.9 Å². The minimum absolute atomic E-state index is 0.0151. The molecule has 4 heteroatoms. The molecule has 3 heterocycles. The van der Waals surface area contributed by atoms with Crippen molar-refractivity contribution >= 4 is 0 Å². The maximum absolute atomic E-state index is 11.9. The Morgan fingerprint density at radius 2 is 2.29 bits per heavy atom. The molecule has 1 saturated heterocycles. The van der Waals surface area contributed by atoms with Crippen LogP contribution in [0.15, 0.2) is 4.79 Å². The Kier molecular flexibility index (Phi) is 2.74. The second-order valence-corrected chi connectivity index (χ2v) is 5.14. The van der Waals surface area contributed by atoms with Gasteiger partial charge in [0, 0.05) is 36.7 Å². The number of hydrogen-bond donors (Lipinski definition) is 1. The Hall–Kier alpha value is -1.16. The number of aryl methyl sites for hydroxylation is 1. The molecule has 1 fully saturated rings. The van der Waals surface area contributed by atoms with E-state index < -0.39 is 0 Å². The topological polar surface area (TPSA) is 46.9 Å². The normalized spacial score (nSPS) is 23.7. The molecule has 0 bridgehead atoms. The highest BCUT2D eigenvalue weighted by atomic mass is 16.1. The summed E-state index contributed by atoms with van der Waals surface area (Å²) < 4.78 is 2.30. The minimum Gasteiger partial charge on any atom is -0.333 e. The molecular weight excluding hydrogens is 214 g/mol. The zero-order valence-corrected chi connectivity index (χ0v) is 10.3. The van der Waals surface area contributed by atoms with Gasteiger partial charge in [-0.05, 0) is 32.7 Å². The van der Waals surface area contributed by atoms with E-state index in [1.165, 1.54) is 18.5 Å². The first kappa shape index (κ1) is 11.0. The Morgan fingerprint density at radius 1 is 1.41 bits per heavy atom. The first-order chi connectivity index (χ1) is 8.27. The van der Waals surface area contributed by atoms with Crippen LogP contribution >= 0.6 is 0 Å². The third-order valence-corrected chi connectivity index (χ3v) is 4.00. The molecule has 3 rings (SSSR count). The number of hydrogen-bond acceptors (Lipinski definition) is 3. The Labute approximate surface area is 101 Å². The average Bonchev–Trinajstić information content (AvgIpc) is 2.79. The fraction of sp³-hybridized carbons (Fsp3) is 0.692. The van der Waals surface area contributed by atoms with Crippen molar-refractivity contribution in [2.45, 2.75) is 45.1 Å². The van der Waals surface area contributed by atoms with Crippen LogP contribution in [-0.2, 0) is 13.0 Å². The van der Waals surface area contributed by atoms with E-state index in [2.05, 4.69) is 14.9 Å². The third kappa shape index (κ3) is 1.80. The lowest BCUT2D eigenvalue weighted by molar-refractivity contribution is 0.436. The van der Waals surface area contributed by atoms with Crippen LogP contribution < -0.4 is 10.9 Å². The van der Waals surface area contributed by atoms with Crippen molar-refractivity contribution in [2.24, 2.45) is 0 Å². The minimum atomic E-state index is -0.0151. The largest absolute Gasteiger partial charge is 0.333 e. The molecule has 17 heavy (non-hydrogen) atoms. The monoisotopic (exact) mass is 233 g/mol. The van der Waals surface area contributed by atoms with Crippen molar-refractivity contribution in [2.75, 3.05) is 13.1 Å². The van der Waals surface area contributed by atoms with Crippen LogP contribution in [0.5, 0.6) is 0 Å². The molecule has 0 unspecified atom stereocenters. The van der Waals surface area contributed by atoms with Crippen molar-refractivity contribution in [3.8, 4) is 0 Å². The van der Waals surface area contributed by atoms with Gasteiger partial charge in [-0.2, -0.15) is 4.98 Å². The van der Waals surface area contributed by atoms with Gasteiger partial charge in [0.2, 0.25) is 0 Å². The first-order valence-electron chi connectivity index (χ1n) is 6.58. The molecule has 2 aliphatic heterocycles. The van der Waals surface area contributed by atoms with Crippen molar-refractivity contribution in [1.29, 1.82) is 0 Å². The second-order valence-electron chi connectivity index (χ2n) is 5.14. The molecule has 1 aromatic heterocycles. The SMILES string of the molecule is Cc1c([C@H]2CCCNC2)n2c(nc1=O)CCC2. The van der Waals surface area contributed by atoms with E-state index in [9.17, 15) is 4.79 Å². The highest BCUT2D eigenvalue weighted by Crippen LogP contribution is 2.27. The Bertz CT molecular complexity index is 486. The van der Waals surface area contributed by atoms with Crippen molar-refractivity contribution in [1.82, 2.24) is 14.9 Å². The number of nitrogens with one attached hydrogen (secondary N) is 1. The van der Waals surface area contributed by atoms with Crippen LogP contribution in [0.3, 0.4) is 0 Å². The number of aromatic nitrogens is 2. The van der Waals surface area contributed by atoms with E-state index in [-0.39, 0.29) is 5.56 Å². The van der Waals surface area contributed by atoms with Crippen LogP contribution in [0.25, 0.3) is 0 Å².